The molecule has 0 spiro atoms. The summed E-state index contributed by atoms with van der Waals surface area (Å²) in [5.41, 5.74) is 5.94. The number of rotatable bonds is 6. The number of hydrogen-bond donors (Lipinski definition) is 1. The molecule has 1 aliphatic heterocycles. The van der Waals surface area contributed by atoms with E-state index < -0.39 is 0 Å². The summed E-state index contributed by atoms with van der Waals surface area (Å²) in [5.74, 6) is 1.07. The third-order valence-electron chi connectivity index (χ3n) is 7.61. The van der Waals surface area contributed by atoms with Gasteiger partial charge in [-0.3, -0.25) is 4.79 Å². The molecule has 1 aromatic heterocycles. The van der Waals surface area contributed by atoms with E-state index >= 15 is 0 Å². The van der Waals surface area contributed by atoms with Crippen LogP contribution in [0, 0.1) is 0 Å². The summed E-state index contributed by atoms with van der Waals surface area (Å²) in [7, 11) is 1.71. The highest BCUT2D eigenvalue weighted by Gasteiger charge is 2.28. The Labute approximate surface area is 220 Å². The second-order valence-corrected chi connectivity index (χ2v) is 11.0. The third-order valence-corrected chi connectivity index (χ3v) is 7.61. The fourth-order valence-corrected chi connectivity index (χ4v) is 5.40. The van der Waals surface area contributed by atoms with Crippen molar-refractivity contribution in [1.29, 1.82) is 0 Å². The van der Waals surface area contributed by atoms with Crippen molar-refractivity contribution in [2.45, 2.75) is 38.5 Å². The molecular weight excluding hydrogens is 458 g/mol. The maximum atomic E-state index is 13.7. The van der Waals surface area contributed by atoms with E-state index in [2.05, 4.69) is 85.4 Å². The van der Waals surface area contributed by atoms with E-state index in [1.165, 1.54) is 22.1 Å². The molecule has 0 aliphatic carbocycles. The van der Waals surface area contributed by atoms with Crippen LogP contribution in [-0.2, 0) is 10.2 Å². The van der Waals surface area contributed by atoms with Gasteiger partial charge in [-0.1, -0.05) is 75.4 Å². The Morgan fingerprint density at radius 3 is 2.30 bits per heavy atom. The molecule has 1 aliphatic rings. The summed E-state index contributed by atoms with van der Waals surface area (Å²) < 4.78 is 5.56. The molecule has 4 aromatic rings. The van der Waals surface area contributed by atoms with E-state index in [1.807, 2.05) is 29.2 Å². The van der Waals surface area contributed by atoms with Gasteiger partial charge in [0, 0.05) is 55.6 Å². The summed E-state index contributed by atoms with van der Waals surface area (Å²) in [5, 5.41) is 1.18. The fourth-order valence-electron chi connectivity index (χ4n) is 5.40. The average Bonchev–Trinajstić information content (AvgIpc) is 3.35. The van der Waals surface area contributed by atoms with Gasteiger partial charge in [-0.2, -0.15) is 0 Å². The van der Waals surface area contributed by atoms with Crippen LogP contribution in [-0.4, -0.2) is 49.1 Å². The number of carbonyl (C=O) groups excluding carboxylic acids is 1. The maximum Gasteiger partial charge on any atom is 0.223 e. The molecule has 1 N–H and O–H groups in total. The number of fused-ring (bicyclic) bond motifs is 1. The maximum absolute atomic E-state index is 13.7. The largest absolute Gasteiger partial charge is 0.495 e. The molecule has 0 unspecified atom stereocenters. The van der Waals surface area contributed by atoms with E-state index in [-0.39, 0.29) is 17.2 Å². The molecule has 0 bridgehead atoms. The molecule has 1 amide bonds. The van der Waals surface area contributed by atoms with E-state index in [4.69, 9.17) is 4.74 Å². The molecule has 1 fully saturated rings. The molecule has 192 valence electrons. The first-order valence-electron chi connectivity index (χ1n) is 13.2. The van der Waals surface area contributed by atoms with E-state index in [1.54, 1.807) is 7.11 Å². The monoisotopic (exact) mass is 495 g/mol. The number of nitrogens with zero attached hydrogens (tertiary/aromatic N) is 2. The van der Waals surface area contributed by atoms with Gasteiger partial charge in [-0.25, -0.2) is 0 Å². The molecular formula is C32H37N3O2. The van der Waals surface area contributed by atoms with Crippen molar-refractivity contribution in [1.82, 2.24) is 9.88 Å². The van der Waals surface area contributed by atoms with Crippen LogP contribution in [0.1, 0.15) is 49.8 Å². The number of nitrogens with one attached hydrogen (secondary N) is 1. The molecule has 37 heavy (non-hydrogen) atoms. The van der Waals surface area contributed by atoms with Crippen LogP contribution >= 0.6 is 0 Å². The highest BCUT2D eigenvalue weighted by Crippen LogP contribution is 2.35. The minimum atomic E-state index is -0.00934. The number of para-hydroxylation sites is 3. The summed E-state index contributed by atoms with van der Waals surface area (Å²) in [6.45, 7) is 9.70. The van der Waals surface area contributed by atoms with Crippen molar-refractivity contribution in [3.63, 3.8) is 0 Å². The van der Waals surface area contributed by atoms with Crippen molar-refractivity contribution in [3.8, 4) is 5.75 Å². The standard InChI is InChI=1S/C32H37N3O2/c1-32(2,3)24-15-13-23(14-16-24)26(27-22-33-28-10-6-5-9-25(27)28)21-31(36)35-19-17-34(18-20-35)29-11-7-8-12-30(29)37-4/h5-16,22,26,33H,17-21H2,1-4H3/t26-/m0/s1. The van der Waals surface area contributed by atoms with Gasteiger partial charge in [0.25, 0.3) is 0 Å². The van der Waals surface area contributed by atoms with Crippen LogP contribution in [0.5, 0.6) is 5.75 Å². The zero-order valence-corrected chi connectivity index (χ0v) is 22.3. The minimum absolute atomic E-state index is 0.00934. The summed E-state index contributed by atoms with van der Waals surface area (Å²) >= 11 is 0. The Morgan fingerprint density at radius 2 is 1.59 bits per heavy atom. The predicted molar refractivity (Wildman–Crippen MR) is 152 cm³/mol. The lowest BCUT2D eigenvalue weighted by atomic mass is 9.83. The number of benzene rings is 3. The van der Waals surface area contributed by atoms with Gasteiger partial charge >= 0.3 is 0 Å². The second kappa shape index (κ2) is 10.3. The number of H-pyrrole nitrogens is 1. The molecule has 5 heteroatoms. The van der Waals surface area contributed by atoms with Crippen molar-refractivity contribution < 1.29 is 9.53 Å². The Kier molecular flexibility index (Phi) is 6.96. The first kappa shape index (κ1) is 24.9. The summed E-state index contributed by atoms with van der Waals surface area (Å²) in [4.78, 5) is 21.4. The van der Waals surface area contributed by atoms with Crippen LogP contribution in [0.15, 0.2) is 79.0 Å². The molecule has 1 atom stereocenters. The van der Waals surface area contributed by atoms with Gasteiger partial charge < -0.3 is 19.5 Å². The summed E-state index contributed by atoms with van der Waals surface area (Å²) in [6, 6.07) is 25.3. The topological polar surface area (TPSA) is 48.6 Å². The number of aromatic amines is 1. The third kappa shape index (κ3) is 5.22. The molecule has 1 saturated heterocycles. The second-order valence-electron chi connectivity index (χ2n) is 11.0. The lowest BCUT2D eigenvalue weighted by Gasteiger charge is -2.37. The fraction of sp³-hybridized carbons (Fsp3) is 0.344. The zero-order valence-electron chi connectivity index (χ0n) is 22.3. The molecule has 5 nitrogen and oxygen atoms in total. The Hall–Kier alpha value is -3.73. The lowest BCUT2D eigenvalue weighted by Crippen LogP contribution is -2.49. The van der Waals surface area contributed by atoms with Gasteiger partial charge in [0.15, 0.2) is 0 Å². The van der Waals surface area contributed by atoms with Crippen LogP contribution in [0.2, 0.25) is 0 Å². The van der Waals surface area contributed by atoms with E-state index in [0.717, 1.165) is 30.0 Å². The number of hydrogen-bond acceptors (Lipinski definition) is 3. The lowest BCUT2D eigenvalue weighted by molar-refractivity contribution is -0.131. The van der Waals surface area contributed by atoms with Gasteiger partial charge in [0.2, 0.25) is 5.91 Å². The van der Waals surface area contributed by atoms with Crippen LogP contribution in [0.4, 0.5) is 5.69 Å². The van der Waals surface area contributed by atoms with Gasteiger partial charge in [-0.15, -0.1) is 0 Å². The number of amides is 1. The Morgan fingerprint density at radius 1 is 0.919 bits per heavy atom. The number of anilines is 1. The quantitative estimate of drug-likeness (QED) is 0.339. The molecule has 5 rings (SSSR count). The zero-order chi connectivity index (χ0) is 26.0. The minimum Gasteiger partial charge on any atom is -0.495 e. The SMILES string of the molecule is COc1ccccc1N1CCN(C(=O)C[C@@H](c2ccc(C(C)(C)C)cc2)c2c[nH]c3ccccc23)CC1. The van der Waals surface area contributed by atoms with Crippen LogP contribution in [0.25, 0.3) is 10.9 Å². The highest BCUT2D eigenvalue weighted by molar-refractivity contribution is 5.86. The van der Waals surface area contributed by atoms with Gasteiger partial charge in [0.1, 0.15) is 5.75 Å². The highest BCUT2D eigenvalue weighted by atomic mass is 16.5. The van der Waals surface area contributed by atoms with Crippen LogP contribution in [0.3, 0.4) is 0 Å². The molecule has 3 aromatic carbocycles. The number of ether oxygens (including phenoxy) is 1. The van der Waals surface area contributed by atoms with Gasteiger partial charge in [-0.05, 0) is 40.3 Å². The normalized spacial score (nSPS) is 15.1. The Bertz CT molecular complexity index is 1360. The predicted octanol–water partition coefficient (Wildman–Crippen LogP) is 6.34. The number of methoxy groups -OCH3 is 1. The first-order valence-corrected chi connectivity index (χ1v) is 13.2. The van der Waals surface area contributed by atoms with E-state index in [9.17, 15) is 4.79 Å². The number of carbonyl (C=O) groups is 1. The van der Waals surface area contributed by atoms with Crippen LogP contribution < -0.4 is 9.64 Å². The molecule has 0 saturated carbocycles. The first-order chi connectivity index (χ1) is 17.8. The van der Waals surface area contributed by atoms with E-state index in [0.29, 0.717) is 19.5 Å². The number of piperazine rings is 1. The molecule has 0 radical (unpaired) electrons. The van der Waals surface area contributed by atoms with Crippen molar-refractivity contribution in [2.75, 3.05) is 38.2 Å². The number of aromatic nitrogens is 1. The smallest absolute Gasteiger partial charge is 0.223 e. The van der Waals surface area contributed by atoms with Crippen molar-refractivity contribution >= 4 is 22.5 Å². The van der Waals surface area contributed by atoms with Crippen molar-refractivity contribution in [2.24, 2.45) is 0 Å². The van der Waals surface area contributed by atoms with Gasteiger partial charge in [0.05, 0.1) is 12.8 Å². The average molecular weight is 496 g/mol. The Balaban J connectivity index is 1.37. The summed E-state index contributed by atoms with van der Waals surface area (Å²) in [6.07, 6.45) is 2.53. The molecule has 2 heterocycles. The van der Waals surface area contributed by atoms with Crippen molar-refractivity contribution in [3.05, 3.63) is 95.7 Å².